The summed E-state index contributed by atoms with van der Waals surface area (Å²) >= 11 is 6.08. The summed E-state index contributed by atoms with van der Waals surface area (Å²) < 4.78 is 8.12. The first-order valence-electron chi connectivity index (χ1n) is 9.72. The number of ether oxygens (including phenoxy) is 1. The third-order valence-electron chi connectivity index (χ3n) is 4.70. The number of hydrogen-bond acceptors (Lipinski definition) is 3. The molecular weight excluding hydrogens is 386 g/mol. The average molecular weight is 412 g/mol. The van der Waals surface area contributed by atoms with Crippen LogP contribution in [0.25, 0.3) is 11.0 Å². The second-order valence-electron chi connectivity index (χ2n) is 7.07. The molecule has 0 atom stereocenters. The van der Waals surface area contributed by atoms with Gasteiger partial charge in [-0.2, -0.15) is 0 Å². The third-order valence-corrected chi connectivity index (χ3v) is 5.12. The van der Waals surface area contributed by atoms with E-state index in [9.17, 15) is 4.79 Å². The van der Waals surface area contributed by atoms with Crippen molar-refractivity contribution in [3.63, 3.8) is 0 Å². The summed E-state index contributed by atoms with van der Waals surface area (Å²) in [6, 6.07) is 13.8. The molecule has 0 unspecified atom stereocenters. The first kappa shape index (κ1) is 20.9. The van der Waals surface area contributed by atoms with Crippen molar-refractivity contribution in [2.24, 2.45) is 0 Å². The van der Waals surface area contributed by atoms with Crippen LogP contribution in [0.4, 0.5) is 0 Å². The van der Waals surface area contributed by atoms with Crippen LogP contribution < -0.4 is 10.1 Å². The molecule has 0 aliphatic heterocycles. The molecule has 0 spiro atoms. The highest BCUT2D eigenvalue weighted by Gasteiger charge is 2.11. The van der Waals surface area contributed by atoms with Crippen LogP contribution >= 0.6 is 11.6 Å². The van der Waals surface area contributed by atoms with E-state index in [-0.39, 0.29) is 5.91 Å². The maximum Gasteiger partial charge on any atom is 0.246 e. The largest absolute Gasteiger partial charge is 0.492 e. The number of rotatable bonds is 9. The summed E-state index contributed by atoms with van der Waals surface area (Å²) in [7, 11) is 0. The molecule has 0 saturated heterocycles. The van der Waals surface area contributed by atoms with Crippen LogP contribution in [0.15, 0.2) is 54.6 Å². The zero-order chi connectivity index (χ0) is 20.8. The van der Waals surface area contributed by atoms with Crippen LogP contribution in [-0.2, 0) is 17.8 Å². The first-order chi connectivity index (χ1) is 14.0. The predicted octanol–water partition coefficient (Wildman–Crippen LogP) is 4.70. The van der Waals surface area contributed by atoms with Crippen LogP contribution in [0.3, 0.4) is 0 Å². The molecule has 5 nitrogen and oxygen atoms in total. The number of carbonyl (C=O) groups is 1. The minimum Gasteiger partial charge on any atom is -0.492 e. The van der Waals surface area contributed by atoms with Gasteiger partial charge in [0.2, 0.25) is 5.91 Å². The van der Waals surface area contributed by atoms with Gasteiger partial charge < -0.3 is 14.6 Å². The number of para-hydroxylation sites is 2. The van der Waals surface area contributed by atoms with Gasteiger partial charge in [-0.25, -0.2) is 4.98 Å². The molecule has 3 rings (SSSR count). The monoisotopic (exact) mass is 411 g/mol. The van der Waals surface area contributed by atoms with Crippen molar-refractivity contribution >= 4 is 28.5 Å². The molecule has 0 aliphatic rings. The van der Waals surface area contributed by atoms with Gasteiger partial charge in [-0.05, 0) is 56.2 Å². The number of benzene rings is 2. The molecule has 0 radical (unpaired) electrons. The second-order valence-corrected chi connectivity index (χ2v) is 7.47. The zero-order valence-electron chi connectivity index (χ0n) is 16.9. The highest BCUT2D eigenvalue weighted by molar-refractivity contribution is 6.31. The van der Waals surface area contributed by atoms with Gasteiger partial charge in [0.25, 0.3) is 0 Å². The minimum absolute atomic E-state index is 0.106. The van der Waals surface area contributed by atoms with Crippen LogP contribution in [0.5, 0.6) is 5.75 Å². The summed E-state index contributed by atoms with van der Waals surface area (Å²) in [6.45, 7) is 9.13. The van der Waals surface area contributed by atoms with Crippen LogP contribution in [-0.4, -0.2) is 28.6 Å². The molecule has 29 heavy (non-hydrogen) atoms. The first-order valence-corrected chi connectivity index (χ1v) is 10.1. The van der Waals surface area contributed by atoms with Gasteiger partial charge in [0.1, 0.15) is 18.2 Å². The number of nitrogens with zero attached hydrogens (tertiary/aromatic N) is 2. The zero-order valence-corrected chi connectivity index (χ0v) is 17.6. The Kier molecular flexibility index (Phi) is 6.94. The van der Waals surface area contributed by atoms with Crippen LogP contribution in [0.1, 0.15) is 24.7 Å². The number of nitrogens with one attached hydrogen (secondary N) is 1. The molecular formula is C23H26ClN3O2. The third kappa shape index (κ3) is 5.39. The minimum atomic E-state index is -0.106. The Morgan fingerprint density at radius 3 is 2.83 bits per heavy atom. The summed E-state index contributed by atoms with van der Waals surface area (Å²) in [5.41, 5.74) is 3.57. The second kappa shape index (κ2) is 9.61. The number of imidazole rings is 1. The Hall–Kier alpha value is -2.79. The lowest BCUT2D eigenvalue weighted by molar-refractivity contribution is -0.117. The maximum absolute atomic E-state index is 11.6. The van der Waals surface area contributed by atoms with Gasteiger partial charge in [-0.15, -0.1) is 0 Å². The van der Waals surface area contributed by atoms with E-state index < -0.39 is 0 Å². The molecule has 6 heteroatoms. The van der Waals surface area contributed by atoms with E-state index in [1.54, 1.807) is 6.92 Å². The fourth-order valence-corrected chi connectivity index (χ4v) is 3.24. The van der Waals surface area contributed by atoms with Crippen LogP contribution in [0, 0.1) is 6.92 Å². The van der Waals surface area contributed by atoms with Crippen LogP contribution in [0.2, 0.25) is 5.02 Å². The van der Waals surface area contributed by atoms with E-state index in [4.69, 9.17) is 21.3 Å². The molecule has 3 aromatic rings. The van der Waals surface area contributed by atoms with Crippen molar-refractivity contribution in [3.05, 3.63) is 71.0 Å². The smallest absolute Gasteiger partial charge is 0.246 e. The Morgan fingerprint density at radius 1 is 1.28 bits per heavy atom. The van der Waals surface area contributed by atoms with E-state index in [1.165, 1.54) is 0 Å². The van der Waals surface area contributed by atoms with E-state index in [2.05, 4.69) is 22.5 Å². The lowest BCUT2D eigenvalue weighted by Crippen LogP contribution is -2.25. The SMILES string of the molecule is C=C(C)C(=O)NCCCc1nc2ccccc2n1CCOc1ccc(Cl)c(C)c1. The Bertz CT molecular complexity index is 1030. The fraction of sp³-hybridized carbons (Fsp3) is 0.304. The lowest BCUT2D eigenvalue weighted by atomic mass is 10.2. The van der Waals surface area contributed by atoms with Gasteiger partial charge in [-0.1, -0.05) is 30.3 Å². The summed E-state index contributed by atoms with van der Waals surface area (Å²) in [5.74, 6) is 1.69. The van der Waals surface area contributed by atoms with E-state index in [0.717, 1.165) is 46.0 Å². The van der Waals surface area contributed by atoms with Gasteiger partial charge >= 0.3 is 0 Å². The highest BCUT2D eigenvalue weighted by atomic mass is 35.5. The van der Waals surface area contributed by atoms with Crippen molar-refractivity contribution < 1.29 is 9.53 Å². The highest BCUT2D eigenvalue weighted by Crippen LogP contribution is 2.22. The molecule has 1 aromatic heterocycles. The lowest BCUT2D eigenvalue weighted by Gasteiger charge is -2.12. The van der Waals surface area contributed by atoms with Crippen molar-refractivity contribution in [2.45, 2.75) is 33.2 Å². The number of carbonyl (C=O) groups excluding carboxylic acids is 1. The molecule has 1 amide bonds. The number of fused-ring (bicyclic) bond motifs is 1. The molecule has 152 valence electrons. The van der Waals surface area contributed by atoms with E-state index in [1.807, 2.05) is 43.3 Å². The Labute approximate surface area is 176 Å². The van der Waals surface area contributed by atoms with E-state index >= 15 is 0 Å². The summed E-state index contributed by atoms with van der Waals surface area (Å²) in [6.07, 6.45) is 1.57. The van der Waals surface area contributed by atoms with Crippen molar-refractivity contribution in [1.29, 1.82) is 0 Å². The fourth-order valence-electron chi connectivity index (χ4n) is 3.13. The van der Waals surface area contributed by atoms with Crippen molar-refractivity contribution in [1.82, 2.24) is 14.9 Å². The number of aromatic nitrogens is 2. The summed E-state index contributed by atoms with van der Waals surface area (Å²) in [5, 5.41) is 3.60. The average Bonchev–Trinajstić information content (AvgIpc) is 3.05. The molecule has 0 saturated carbocycles. The molecule has 1 heterocycles. The van der Waals surface area contributed by atoms with Gasteiger partial charge in [-0.3, -0.25) is 4.79 Å². The van der Waals surface area contributed by atoms with Crippen molar-refractivity contribution in [3.8, 4) is 5.75 Å². The predicted molar refractivity (Wildman–Crippen MR) is 118 cm³/mol. The number of hydrogen-bond donors (Lipinski definition) is 1. The van der Waals surface area contributed by atoms with Gasteiger partial charge in [0.05, 0.1) is 17.6 Å². The van der Waals surface area contributed by atoms with Gasteiger partial charge in [0, 0.05) is 23.6 Å². The number of amides is 1. The molecule has 0 fully saturated rings. The Morgan fingerprint density at radius 2 is 2.07 bits per heavy atom. The molecule has 1 N–H and O–H groups in total. The van der Waals surface area contributed by atoms with Crippen molar-refractivity contribution in [2.75, 3.05) is 13.2 Å². The number of aryl methyl sites for hydroxylation is 2. The number of halogens is 1. The maximum atomic E-state index is 11.6. The molecule has 0 aliphatic carbocycles. The molecule has 2 aromatic carbocycles. The summed E-state index contributed by atoms with van der Waals surface area (Å²) in [4.78, 5) is 16.4. The molecule has 0 bridgehead atoms. The quantitative estimate of drug-likeness (QED) is 0.410. The van der Waals surface area contributed by atoms with E-state index in [0.29, 0.717) is 25.3 Å². The normalized spacial score (nSPS) is 10.9. The standard InChI is InChI=1S/C23H26ClN3O2/c1-16(2)23(28)25-12-6-9-22-26-20-7-4-5-8-21(20)27(22)13-14-29-18-10-11-19(24)17(3)15-18/h4-5,7-8,10-11,15H,1,6,9,12-14H2,2-3H3,(H,25,28). The topological polar surface area (TPSA) is 56.2 Å². The van der Waals surface area contributed by atoms with Gasteiger partial charge in [0.15, 0.2) is 0 Å². The Balaban J connectivity index is 1.65.